The monoisotopic (exact) mass is 263 g/mol. The molecule has 2 rings (SSSR count). The molecule has 0 unspecified atom stereocenters. The van der Waals surface area contributed by atoms with E-state index in [4.69, 9.17) is 5.73 Å². The maximum atomic E-state index is 11.5. The number of methoxy groups -OCH3 is 1. The van der Waals surface area contributed by atoms with Crippen molar-refractivity contribution in [2.24, 2.45) is 11.7 Å². The van der Waals surface area contributed by atoms with E-state index >= 15 is 0 Å². The topological polar surface area (TPSA) is 72.5 Å². The summed E-state index contributed by atoms with van der Waals surface area (Å²) in [6, 6.07) is 6.55. The average molecular weight is 263 g/mol. The van der Waals surface area contributed by atoms with E-state index in [0.717, 1.165) is 31.2 Å². The highest BCUT2D eigenvalue weighted by atomic mass is 16.5. The number of rotatable bonds is 4. The summed E-state index contributed by atoms with van der Waals surface area (Å²) >= 11 is 0. The molecule has 1 fully saturated rings. The largest absolute Gasteiger partial charge is 0.465 e. The van der Waals surface area contributed by atoms with Crippen molar-refractivity contribution >= 4 is 5.97 Å². The number of aliphatic hydroxyl groups is 1. The van der Waals surface area contributed by atoms with Crippen molar-refractivity contribution in [3.05, 3.63) is 35.4 Å². The average Bonchev–Trinajstić information content (AvgIpc) is 2.99. The minimum absolute atomic E-state index is 0.275. The van der Waals surface area contributed by atoms with Gasteiger partial charge in [0.25, 0.3) is 0 Å². The maximum Gasteiger partial charge on any atom is 0.337 e. The lowest BCUT2D eigenvalue weighted by atomic mass is 9.90. The van der Waals surface area contributed by atoms with Gasteiger partial charge in [0.2, 0.25) is 0 Å². The third kappa shape index (κ3) is 3.14. The Labute approximate surface area is 113 Å². The smallest absolute Gasteiger partial charge is 0.337 e. The van der Waals surface area contributed by atoms with Crippen LogP contribution in [0.3, 0.4) is 0 Å². The Hall–Kier alpha value is -1.39. The number of carbonyl (C=O) groups is 1. The Morgan fingerprint density at radius 3 is 2.74 bits per heavy atom. The Morgan fingerprint density at radius 2 is 2.11 bits per heavy atom. The molecule has 1 aromatic carbocycles. The van der Waals surface area contributed by atoms with Crippen LogP contribution in [0.25, 0.3) is 0 Å². The van der Waals surface area contributed by atoms with Crippen LogP contribution in [0.15, 0.2) is 24.3 Å². The Bertz CT molecular complexity index is 441. The summed E-state index contributed by atoms with van der Waals surface area (Å²) in [5.41, 5.74) is 7.37. The third-order valence-electron chi connectivity index (χ3n) is 3.94. The Kier molecular flexibility index (Phi) is 4.56. The fourth-order valence-electron chi connectivity index (χ4n) is 2.78. The summed E-state index contributed by atoms with van der Waals surface area (Å²) in [7, 11) is 1.35. The van der Waals surface area contributed by atoms with Crippen LogP contribution in [0.2, 0.25) is 0 Å². The van der Waals surface area contributed by atoms with E-state index in [9.17, 15) is 9.90 Å². The van der Waals surface area contributed by atoms with E-state index < -0.39 is 12.1 Å². The number of hydrogen-bond donors (Lipinski definition) is 2. The van der Waals surface area contributed by atoms with Gasteiger partial charge in [0.05, 0.1) is 24.8 Å². The normalized spacial score (nSPS) is 19.1. The van der Waals surface area contributed by atoms with Gasteiger partial charge in [0.15, 0.2) is 0 Å². The molecule has 2 atom stereocenters. The molecule has 4 heteroatoms. The van der Waals surface area contributed by atoms with Gasteiger partial charge >= 0.3 is 5.97 Å². The molecule has 19 heavy (non-hydrogen) atoms. The van der Waals surface area contributed by atoms with Crippen LogP contribution >= 0.6 is 0 Å². The summed E-state index contributed by atoms with van der Waals surface area (Å²) in [6.07, 6.45) is 3.85. The molecule has 3 N–H and O–H groups in total. The number of nitrogens with two attached hydrogens (primary N) is 1. The van der Waals surface area contributed by atoms with Gasteiger partial charge in [-0.3, -0.25) is 0 Å². The van der Waals surface area contributed by atoms with Gasteiger partial charge in [0, 0.05) is 0 Å². The van der Waals surface area contributed by atoms with Crippen molar-refractivity contribution in [3.8, 4) is 0 Å². The van der Waals surface area contributed by atoms with Crippen LogP contribution < -0.4 is 5.73 Å². The van der Waals surface area contributed by atoms with Crippen LogP contribution in [0.4, 0.5) is 0 Å². The van der Waals surface area contributed by atoms with Gasteiger partial charge in [-0.2, -0.15) is 0 Å². The first-order valence-electron chi connectivity index (χ1n) is 6.75. The summed E-state index contributed by atoms with van der Waals surface area (Å²) in [5, 5.41) is 10.3. The molecule has 1 saturated carbocycles. The summed E-state index contributed by atoms with van der Waals surface area (Å²) < 4.78 is 4.69. The quantitative estimate of drug-likeness (QED) is 0.815. The highest BCUT2D eigenvalue weighted by molar-refractivity contribution is 5.89. The van der Waals surface area contributed by atoms with E-state index in [1.54, 1.807) is 18.2 Å². The number of benzene rings is 1. The van der Waals surface area contributed by atoms with E-state index in [-0.39, 0.29) is 11.9 Å². The lowest BCUT2D eigenvalue weighted by Crippen LogP contribution is -2.32. The van der Waals surface area contributed by atoms with E-state index in [0.29, 0.717) is 5.56 Å². The predicted octanol–water partition coefficient (Wildman–Crippen LogP) is 2.02. The third-order valence-corrected chi connectivity index (χ3v) is 3.94. The molecular weight excluding hydrogens is 242 g/mol. The molecular formula is C15H21NO3. The van der Waals surface area contributed by atoms with Crippen LogP contribution in [0, 0.1) is 5.92 Å². The van der Waals surface area contributed by atoms with Gasteiger partial charge in [-0.25, -0.2) is 4.79 Å². The molecule has 104 valence electrons. The van der Waals surface area contributed by atoms with Crippen molar-refractivity contribution in [1.82, 2.24) is 0 Å². The molecule has 1 aliphatic carbocycles. The number of esters is 1. The maximum absolute atomic E-state index is 11.5. The molecule has 0 radical (unpaired) electrons. The number of ether oxygens (including phenoxy) is 1. The highest BCUT2D eigenvalue weighted by Crippen LogP contribution is 2.32. The molecule has 0 aromatic heterocycles. The molecule has 4 nitrogen and oxygen atoms in total. The van der Waals surface area contributed by atoms with Gasteiger partial charge < -0.3 is 15.6 Å². The van der Waals surface area contributed by atoms with Crippen LogP contribution in [0.1, 0.15) is 47.6 Å². The molecule has 1 aromatic rings. The summed E-state index contributed by atoms with van der Waals surface area (Å²) in [4.78, 5) is 11.5. The van der Waals surface area contributed by atoms with Crippen molar-refractivity contribution in [3.63, 3.8) is 0 Å². The van der Waals surface area contributed by atoms with E-state index in [2.05, 4.69) is 4.74 Å². The SMILES string of the molecule is COC(=O)c1cccc([C@H](N)[C@H](O)C2CCCC2)c1. The highest BCUT2D eigenvalue weighted by Gasteiger charge is 2.28. The van der Waals surface area contributed by atoms with Gasteiger partial charge in [-0.1, -0.05) is 25.0 Å². The summed E-state index contributed by atoms with van der Waals surface area (Å²) in [6.45, 7) is 0. The molecule has 1 aliphatic rings. The minimum Gasteiger partial charge on any atom is -0.465 e. The summed E-state index contributed by atoms with van der Waals surface area (Å²) in [5.74, 6) is -0.110. The van der Waals surface area contributed by atoms with Crippen LogP contribution in [-0.2, 0) is 4.74 Å². The van der Waals surface area contributed by atoms with E-state index in [1.165, 1.54) is 7.11 Å². The number of aliphatic hydroxyl groups excluding tert-OH is 1. The lowest BCUT2D eigenvalue weighted by molar-refractivity contribution is 0.0599. The minimum atomic E-state index is -0.546. The van der Waals surface area contributed by atoms with Gasteiger partial charge in [-0.05, 0) is 36.5 Å². The second kappa shape index (κ2) is 6.17. The zero-order valence-corrected chi connectivity index (χ0v) is 11.2. The van der Waals surface area contributed by atoms with Crippen LogP contribution in [-0.4, -0.2) is 24.3 Å². The molecule has 0 spiro atoms. The molecule has 0 heterocycles. The fourth-order valence-corrected chi connectivity index (χ4v) is 2.78. The van der Waals surface area contributed by atoms with Crippen molar-refractivity contribution < 1.29 is 14.6 Å². The molecule has 0 amide bonds. The van der Waals surface area contributed by atoms with Gasteiger partial charge in [0.1, 0.15) is 0 Å². The first-order chi connectivity index (χ1) is 9.13. The lowest BCUT2D eigenvalue weighted by Gasteiger charge is -2.24. The molecule has 0 saturated heterocycles. The van der Waals surface area contributed by atoms with Gasteiger partial charge in [-0.15, -0.1) is 0 Å². The zero-order chi connectivity index (χ0) is 13.8. The first kappa shape index (κ1) is 14.0. The van der Waals surface area contributed by atoms with Crippen molar-refractivity contribution in [2.75, 3.05) is 7.11 Å². The number of hydrogen-bond acceptors (Lipinski definition) is 4. The van der Waals surface area contributed by atoms with Crippen molar-refractivity contribution in [2.45, 2.75) is 37.8 Å². The number of carbonyl (C=O) groups excluding carboxylic acids is 1. The fraction of sp³-hybridized carbons (Fsp3) is 0.533. The van der Waals surface area contributed by atoms with E-state index in [1.807, 2.05) is 6.07 Å². The zero-order valence-electron chi connectivity index (χ0n) is 11.2. The molecule has 0 bridgehead atoms. The Balaban J connectivity index is 2.13. The van der Waals surface area contributed by atoms with Crippen molar-refractivity contribution in [1.29, 1.82) is 0 Å². The first-order valence-corrected chi connectivity index (χ1v) is 6.75. The molecule has 0 aliphatic heterocycles. The predicted molar refractivity (Wildman–Crippen MR) is 72.7 cm³/mol. The van der Waals surface area contributed by atoms with Crippen LogP contribution in [0.5, 0.6) is 0 Å². The Morgan fingerprint density at radius 1 is 1.42 bits per heavy atom. The second-order valence-electron chi connectivity index (χ2n) is 5.18. The standard InChI is InChI=1S/C15H21NO3/c1-19-15(18)12-8-4-7-11(9-12)13(16)14(17)10-5-2-3-6-10/h4,7-10,13-14,17H,2-3,5-6,16H2,1H3/t13-,14+/m0/s1. The second-order valence-corrected chi connectivity index (χ2v) is 5.18.